The lowest BCUT2D eigenvalue weighted by Crippen LogP contribution is -2.46. The van der Waals surface area contributed by atoms with Crippen LogP contribution in [0.25, 0.3) is 32.0 Å². The molecule has 4 fully saturated rings. The van der Waals surface area contributed by atoms with Gasteiger partial charge < -0.3 is 24.9 Å². The first-order chi connectivity index (χ1) is 32.4. The summed E-state index contributed by atoms with van der Waals surface area (Å²) >= 11 is 3.27. The number of nitrogens with zero attached hydrogens (tertiary/aromatic N) is 6. The van der Waals surface area contributed by atoms with Crippen LogP contribution < -0.4 is 5.32 Å². The predicted octanol–water partition coefficient (Wildman–Crippen LogP) is 10.3. The highest BCUT2D eigenvalue weighted by atomic mass is 32.1. The summed E-state index contributed by atoms with van der Waals surface area (Å²) in [6.07, 6.45) is 11.5. The van der Waals surface area contributed by atoms with E-state index < -0.39 is 12.0 Å². The molecule has 0 bridgehead atoms. The number of nitrogens with one attached hydrogen (secondary N) is 1. The van der Waals surface area contributed by atoms with Gasteiger partial charge in [-0.2, -0.15) is 0 Å². The summed E-state index contributed by atoms with van der Waals surface area (Å²) in [5.41, 5.74) is 6.03. The van der Waals surface area contributed by atoms with Crippen LogP contribution in [0.1, 0.15) is 103 Å². The van der Waals surface area contributed by atoms with Gasteiger partial charge in [0.1, 0.15) is 16.1 Å². The molecule has 5 amide bonds. The molecule has 4 aliphatic rings. The number of rotatable bonds is 12. The van der Waals surface area contributed by atoms with Crippen molar-refractivity contribution < 1.29 is 19.2 Å². The topological polar surface area (TPSA) is 119 Å². The number of carbonyl (C=O) groups excluding carboxylic acids is 4. The molecule has 0 aliphatic carbocycles. The fraction of sp³-hybridized carbons (Fsp3) is 0.358. The maximum absolute atomic E-state index is 14.3. The van der Waals surface area contributed by atoms with E-state index in [2.05, 4.69) is 53.8 Å². The highest BCUT2D eigenvalue weighted by Crippen LogP contribution is 2.42. The van der Waals surface area contributed by atoms with Crippen LogP contribution in [0.4, 0.5) is 4.79 Å². The first kappa shape index (κ1) is 43.7. The maximum atomic E-state index is 14.3. The molecule has 0 unspecified atom stereocenters. The SMILES string of the molecule is O=C(C[C@H](C(=O)N1CCC[C@H]1c1ncc(-c2ccc(-c3ccc(-c4cnc([C@@H]5CCCN5C(=O)[C@H](NC(=O)N5CCCC5)c5ccccc5)s4)cc3)cc2)s1)c1ccccc1)N1CCCC1. The highest BCUT2D eigenvalue weighted by molar-refractivity contribution is 7.15. The largest absolute Gasteiger partial charge is 0.343 e. The zero-order valence-corrected chi connectivity index (χ0v) is 38.7. The summed E-state index contributed by atoms with van der Waals surface area (Å²) in [7, 11) is 0. The summed E-state index contributed by atoms with van der Waals surface area (Å²) in [5.74, 6) is -0.532. The lowest BCUT2D eigenvalue weighted by Gasteiger charge is -2.29. The van der Waals surface area contributed by atoms with Crippen molar-refractivity contribution >= 4 is 46.4 Å². The van der Waals surface area contributed by atoms with Gasteiger partial charge in [0.05, 0.1) is 27.8 Å². The van der Waals surface area contributed by atoms with E-state index in [1.807, 2.05) is 87.8 Å². The van der Waals surface area contributed by atoms with Gasteiger partial charge in [0, 0.05) is 58.1 Å². The first-order valence-corrected chi connectivity index (χ1v) is 25.2. The normalized spacial score (nSPS) is 19.3. The lowest BCUT2D eigenvalue weighted by atomic mass is 9.93. The standard InChI is InChI=1S/C53H55N7O4S2/c61-47(57-27-7-8-28-57)33-42(38-13-3-1-4-14-38)51(62)59-31-11-17-43(59)49-54-34-45(65-49)39-23-19-36(20-24-39)37-21-25-40(26-22-37)46-35-55-50(66-46)44-18-12-32-60(44)52(63)48(41-15-5-2-6-16-41)56-53(64)58-29-9-10-30-58/h1-6,13-16,19-26,34-35,42-44,48H,7-12,17-18,27-33H2,(H,56,64)/t42-,43-,44-,48+/m0/s1. The fourth-order valence-electron chi connectivity index (χ4n) is 10.1. The second-order valence-electron chi connectivity index (χ2n) is 17.9. The molecule has 13 heteroatoms. The number of thiazole rings is 2. The van der Waals surface area contributed by atoms with Crippen molar-refractivity contribution in [3.63, 3.8) is 0 Å². The lowest BCUT2D eigenvalue weighted by molar-refractivity contribution is -0.138. The Balaban J connectivity index is 0.793. The third kappa shape index (κ3) is 9.28. The summed E-state index contributed by atoms with van der Waals surface area (Å²) < 4.78 is 0. The van der Waals surface area contributed by atoms with E-state index in [0.717, 1.165) is 118 Å². The van der Waals surface area contributed by atoms with Crippen LogP contribution in [0.5, 0.6) is 0 Å². The van der Waals surface area contributed by atoms with Crippen molar-refractivity contribution in [3.8, 4) is 32.0 Å². The average Bonchev–Trinajstić information content (AvgIpc) is 4.22. The number of amides is 5. The average molecular weight is 918 g/mol. The predicted molar refractivity (Wildman–Crippen MR) is 260 cm³/mol. The van der Waals surface area contributed by atoms with Crippen molar-refractivity contribution in [3.05, 3.63) is 143 Å². The van der Waals surface area contributed by atoms with Crippen LogP contribution in [0.3, 0.4) is 0 Å². The molecule has 4 aromatic carbocycles. The Morgan fingerprint density at radius 2 is 0.985 bits per heavy atom. The van der Waals surface area contributed by atoms with E-state index in [9.17, 15) is 19.2 Å². The second-order valence-corrected chi connectivity index (χ2v) is 20.0. The molecule has 0 saturated carbocycles. The molecular formula is C53H55N7O4S2. The number of carbonyl (C=O) groups is 4. The van der Waals surface area contributed by atoms with E-state index in [4.69, 9.17) is 9.97 Å². The Labute approximate surface area is 394 Å². The maximum Gasteiger partial charge on any atom is 0.318 e. The van der Waals surface area contributed by atoms with Gasteiger partial charge in [-0.1, -0.05) is 109 Å². The van der Waals surface area contributed by atoms with Gasteiger partial charge in [-0.15, -0.1) is 22.7 Å². The van der Waals surface area contributed by atoms with Crippen LogP contribution in [0.2, 0.25) is 0 Å². The molecule has 6 aromatic rings. The van der Waals surface area contributed by atoms with Crippen molar-refractivity contribution in [2.45, 2.75) is 81.8 Å². The Kier molecular flexibility index (Phi) is 13.1. The van der Waals surface area contributed by atoms with E-state index in [1.54, 1.807) is 27.6 Å². The summed E-state index contributed by atoms with van der Waals surface area (Å²) in [6, 6.07) is 35.2. The van der Waals surface area contributed by atoms with Gasteiger partial charge >= 0.3 is 6.03 Å². The summed E-state index contributed by atoms with van der Waals surface area (Å²) in [4.78, 5) is 74.6. The molecule has 6 heterocycles. The van der Waals surface area contributed by atoms with Crippen LogP contribution in [-0.2, 0) is 14.4 Å². The third-order valence-corrected chi connectivity index (χ3v) is 16.0. The quantitative estimate of drug-likeness (QED) is 0.131. The Bertz CT molecular complexity index is 2460. The van der Waals surface area contributed by atoms with Gasteiger partial charge in [0.25, 0.3) is 0 Å². The molecule has 1 N–H and O–H groups in total. The number of urea groups is 1. The summed E-state index contributed by atoms with van der Waals surface area (Å²) in [6.45, 7) is 4.26. The first-order valence-electron chi connectivity index (χ1n) is 23.5. The molecule has 66 heavy (non-hydrogen) atoms. The highest BCUT2D eigenvalue weighted by Gasteiger charge is 2.39. The van der Waals surface area contributed by atoms with Gasteiger partial charge in [-0.05, 0) is 84.7 Å². The molecule has 11 nitrogen and oxygen atoms in total. The van der Waals surface area contributed by atoms with Crippen molar-refractivity contribution in [1.82, 2.24) is 34.9 Å². The molecule has 2 aromatic heterocycles. The minimum atomic E-state index is -0.761. The Morgan fingerprint density at radius 3 is 1.50 bits per heavy atom. The second kappa shape index (κ2) is 19.7. The van der Waals surface area contributed by atoms with Gasteiger partial charge in [0.2, 0.25) is 17.7 Å². The van der Waals surface area contributed by atoms with Crippen LogP contribution in [0, 0.1) is 0 Å². The molecule has 4 saturated heterocycles. The monoisotopic (exact) mass is 917 g/mol. The molecule has 0 spiro atoms. The van der Waals surface area contributed by atoms with Crippen LogP contribution in [-0.4, -0.2) is 92.6 Å². The number of likely N-dealkylation sites (tertiary alicyclic amines) is 4. The third-order valence-electron chi connectivity index (χ3n) is 13.7. The number of hydrogen-bond donors (Lipinski definition) is 1. The fourth-order valence-corrected chi connectivity index (χ4v) is 12.3. The zero-order valence-electron chi connectivity index (χ0n) is 37.1. The number of benzene rings is 4. The van der Waals surface area contributed by atoms with Crippen molar-refractivity contribution in [2.75, 3.05) is 39.3 Å². The molecule has 0 radical (unpaired) electrons. The molecule has 4 aliphatic heterocycles. The number of aromatic nitrogens is 2. The Hall–Kier alpha value is -6.18. The van der Waals surface area contributed by atoms with E-state index in [0.29, 0.717) is 26.2 Å². The van der Waals surface area contributed by atoms with Gasteiger partial charge in [0.15, 0.2) is 0 Å². The number of hydrogen-bond acceptors (Lipinski definition) is 8. The Morgan fingerprint density at radius 1 is 0.530 bits per heavy atom. The molecule has 338 valence electrons. The van der Waals surface area contributed by atoms with Crippen LogP contribution >= 0.6 is 22.7 Å². The van der Waals surface area contributed by atoms with E-state index >= 15 is 0 Å². The minimum Gasteiger partial charge on any atom is -0.343 e. The van der Waals surface area contributed by atoms with Gasteiger partial charge in [-0.3, -0.25) is 14.4 Å². The zero-order chi connectivity index (χ0) is 45.0. The molecular weight excluding hydrogens is 863 g/mol. The van der Waals surface area contributed by atoms with Gasteiger partial charge in [-0.25, -0.2) is 14.8 Å². The molecule has 10 rings (SSSR count). The summed E-state index contributed by atoms with van der Waals surface area (Å²) in [5, 5.41) is 4.92. The van der Waals surface area contributed by atoms with E-state index in [1.165, 1.54) is 0 Å². The van der Waals surface area contributed by atoms with Crippen molar-refractivity contribution in [2.24, 2.45) is 0 Å². The smallest absolute Gasteiger partial charge is 0.318 e. The minimum absolute atomic E-state index is 0.0136. The van der Waals surface area contributed by atoms with Crippen molar-refractivity contribution in [1.29, 1.82) is 0 Å². The molecule has 4 atom stereocenters. The van der Waals surface area contributed by atoms with Crippen LogP contribution in [0.15, 0.2) is 122 Å². The van der Waals surface area contributed by atoms with E-state index in [-0.39, 0.29) is 42.3 Å².